The number of rotatable bonds is 5. The average Bonchev–Trinajstić information content (AvgIpc) is 3.06. The van der Waals surface area contributed by atoms with Crippen LogP contribution in [0.15, 0.2) is 22.0 Å². The maximum absolute atomic E-state index is 5.73. The van der Waals surface area contributed by atoms with Crippen LogP contribution in [0.2, 0.25) is 0 Å². The van der Waals surface area contributed by atoms with Gasteiger partial charge in [-0.1, -0.05) is 22.9 Å². The highest BCUT2D eigenvalue weighted by molar-refractivity contribution is 9.10. The van der Waals surface area contributed by atoms with Crippen LogP contribution in [0.4, 0.5) is 0 Å². The van der Waals surface area contributed by atoms with Crippen LogP contribution in [-0.4, -0.2) is 11.6 Å². The van der Waals surface area contributed by atoms with Crippen molar-refractivity contribution in [2.24, 2.45) is 0 Å². The fourth-order valence-electron chi connectivity index (χ4n) is 2.40. The molecule has 0 unspecified atom stereocenters. The molecular formula is C15H17BrN2OS. The first-order chi connectivity index (χ1) is 9.76. The lowest BCUT2D eigenvalue weighted by Crippen LogP contribution is -2.13. The highest BCUT2D eigenvalue weighted by atomic mass is 79.9. The largest absolute Gasteiger partial charge is 0.493 e. The van der Waals surface area contributed by atoms with Gasteiger partial charge in [-0.05, 0) is 24.1 Å². The van der Waals surface area contributed by atoms with E-state index in [0.717, 1.165) is 48.5 Å². The normalized spacial score (nSPS) is 13.3. The summed E-state index contributed by atoms with van der Waals surface area (Å²) in [4.78, 5) is 4.57. The standard InChI is InChI=1S/C15H17BrN2OS/c1-2-14-18-13(9-20-14)8-17-7-11-6-12(16)5-10-3-4-19-15(10)11/h5-6,9,17H,2-4,7-8H2,1H3. The third-order valence-electron chi connectivity index (χ3n) is 3.35. The number of fused-ring (bicyclic) bond motifs is 1. The molecular weight excluding hydrogens is 336 g/mol. The van der Waals surface area contributed by atoms with Crippen molar-refractivity contribution in [3.8, 4) is 5.75 Å². The van der Waals surface area contributed by atoms with Gasteiger partial charge in [-0.2, -0.15) is 0 Å². The highest BCUT2D eigenvalue weighted by Gasteiger charge is 2.17. The molecule has 2 heterocycles. The number of hydrogen-bond acceptors (Lipinski definition) is 4. The first-order valence-corrected chi connectivity index (χ1v) is 8.51. The summed E-state index contributed by atoms with van der Waals surface area (Å²) in [6, 6.07) is 4.29. The molecule has 1 aromatic heterocycles. The van der Waals surface area contributed by atoms with Crippen LogP contribution in [0.5, 0.6) is 5.75 Å². The van der Waals surface area contributed by atoms with E-state index in [1.165, 1.54) is 16.1 Å². The zero-order valence-corrected chi connectivity index (χ0v) is 13.8. The molecule has 20 heavy (non-hydrogen) atoms. The van der Waals surface area contributed by atoms with Crippen molar-refractivity contribution >= 4 is 27.3 Å². The van der Waals surface area contributed by atoms with Crippen LogP contribution in [-0.2, 0) is 25.9 Å². The molecule has 1 aliphatic heterocycles. The molecule has 1 aliphatic rings. The van der Waals surface area contributed by atoms with Crippen molar-refractivity contribution in [2.75, 3.05) is 6.61 Å². The van der Waals surface area contributed by atoms with Crippen molar-refractivity contribution in [3.05, 3.63) is 43.8 Å². The second-order valence-corrected chi connectivity index (χ2v) is 6.70. The molecule has 0 aliphatic carbocycles. The minimum atomic E-state index is 0.796. The van der Waals surface area contributed by atoms with Gasteiger partial charge in [0.15, 0.2) is 0 Å². The number of nitrogens with one attached hydrogen (secondary N) is 1. The van der Waals surface area contributed by atoms with E-state index in [2.05, 4.69) is 50.7 Å². The minimum Gasteiger partial charge on any atom is -0.493 e. The van der Waals surface area contributed by atoms with Crippen molar-refractivity contribution < 1.29 is 4.74 Å². The van der Waals surface area contributed by atoms with Crippen LogP contribution in [0.3, 0.4) is 0 Å². The number of benzene rings is 1. The van der Waals surface area contributed by atoms with Gasteiger partial charge < -0.3 is 10.1 Å². The first-order valence-electron chi connectivity index (χ1n) is 6.84. The third-order valence-corrected chi connectivity index (χ3v) is 4.85. The summed E-state index contributed by atoms with van der Waals surface area (Å²) >= 11 is 5.31. The Balaban J connectivity index is 1.64. The second-order valence-electron chi connectivity index (χ2n) is 4.84. The number of aryl methyl sites for hydroxylation is 1. The average molecular weight is 353 g/mol. The van der Waals surface area contributed by atoms with Crippen molar-refractivity contribution in [1.82, 2.24) is 10.3 Å². The summed E-state index contributed by atoms with van der Waals surface area (Å²) in [6.45, 7) is 4.54. The molecule has 2 aromatic rings. The number of halogens is 1. The van der Waals surface area contributed by atoms with Gasteiger partial charge in [0.05, 0.1) is 17.3 Å². The molecule has 0 spiro atoms. The molecule has 1 N–H and O–H groups in total. The Labute approximate surface area is 131 Å². The van der Waals surface area contributed by atoms with Crippen molar-refractivity contribution in [1.29, 1.82) is 0 Å². The van der Waals surface area contributed by atoms with Gasteiger partial charge in [-0.25, -0.2) is 4.98 Å². The Morgan fingerprint density at radius 1 is 1.40 bits per heavy atom. The first kappa shape index (κ1) is 14.0. The van der Waals surface area contributed by atoms with Crippen LogP contribution >= 0.6 is 27.3 Å². The van der Waals surface area contributed by atoms with Crippen molar-refractivity contribution in [3.63, 3.8) is 0 Å². The molecule has 3 rings (SSSR count). The van der Waals surface area contributed by atoms with E-state index in [9.17, 15) is 0 Å². The molecule has 1 aromatic carbocycles. The van der Waals surface area contributed by atoms with Crippen LogP contribution in [0.1, 0.15) is 28.8 Å². The summed E-state index contributed by atoms with van der Waals surface area (Å²) in [5.74, 6) is 1.06. The second kappa shape index (κ2) is 6.24. The SMILES string of the molecule is CCc1nc(CNCc2cc(Br)cc3c2OCC3)cs1. The fraction of sp³-hybridized carbons (Fsp3) is 0.400. The molecule has 0 saturated carbocycles. The van der Waals surface area contributed by atoms with Gasteiger partial charge in [0.25, 0.3) is 0 Å². The fourth-order valence-corrected chi connectivity index (χ4v) is 3.69. The quantitative estimate of drug-likeness (QED) is 0.890. The lowest BCUT2D eigenvalue weighted by molar-refractivity contribution is 0.352. The molecule has 106 valence electrons. The Kier molecular flexibility index (Phi) is 4.38. The van der Waals surface area contributed by atoms with Gasteiger partial charge in [-0.3, -0.25) is 0 Å². The zero-order valence-electron chi connectivity index (χ0n) is 11.4. The Morgan fingerprint density at radius 2 is 2.30 bits per heavy atom. The number of nitrogens with zero attached hydrogens (tertiary/aromatic N) is 1. The van der Waals surface area contributed by atoms with E-state index in [0.29, 0.717) is 0 Å². The molecule has 0 bridgehead atoms. The number of hydrogen-bond donors (Lipinski definition) is 1. The number of aromatic nitrogens is 1. The third kappa shape index (κ3) is 3.05. The van der Waals surface area contributed by atoms with Crippen molar-refractivity contribution in [2.45, 2.75) is 32.9 Å². The predicted octanol–water partition coefficient (Wildman–Crippen LogP) is 3.69. The van der Waals surface area contributed by atoms with E-state index in [1.807, 2.05) is 0 Å². The van der Waals surface area contributed by atoms with E-state index < -0.39 is 0 Å². The van der Waals surface area contributed by atoms with E-state index >= 15 is 0 Å². The van der Waals surface area contributed by atoms with Gasteiger partial charge in [-0.15, -0.1) is 11.3 Å². The smallest absolute Gasteiger partial charge is 0.127 e. The van der Waals surface area contributed by atoms with E-state index in [1.54, 1.807) is 11.3 Å². The molecule has 0 atom stereocenters. The molecule has 3 nitrogen and oxygen atoms in total. The molecule has 0 saturated heterocycles. The molecule has 0 radical (unpaired) electrons. The Hall–Kier alpha value is -0.910. The molecule has 5 heteroatoms. The zero-order chi connectivity index (χ0) is 13.9. The van der Waals surface area contributed by atoms with Gasteiger partial charge in [0.2, 0.25) is 0 Å². The molecule has 0 amide bonds. The lowest BCUT2D eigenvalue weighted by atomic mass is 10.1. The Bertz CT molecular complexity index is 612. The summed E-state index contributed by atoms with van der Waals surface area (Å²) < 4.78 is 6.86. The summed E-state index contributed by atoms with van der Waals surface area (Å²) in [5, 5.41) is 6.79. The summed E-state index contributed by atoms with van der Waals surface area (Å²) in [7, 11) is 0. The monoisotopic (exact) mass is 352 g/mol. The lowest BCUT2D eigenvalue weighted by Gasteiger charge is -2.09. The minimum absolute atomic E-state index is 0.796. The van der Waals surface area contributed by atoms with E-state index in [4.69, 9.17) is 4.74 Å². The van der Waals surface area contributed by atoms with Gasteiger partial charge >= 0.3 is 0 Å². The van der Waals surface area contributed by atoms with E-state index in [-0.39, 0.29) is 0 Å². The topological polar surface area (TPSA) is 34.2 Å². The van der Waals surface area contributed by atoms with Gasteiger partial charge in [0.1, 0.15) is 5.75 Å². The maximum atomic E-state index is 5.73. The highest BCUT2D eigenvalue weighted by Crippen LogP contribution is 2.32. The van der Waals surface area contributed by atoms with Gasteiger partial charge in [0, 0.05) is 34.9 Å². The number of thiazole rings is 1. The summed E-state index contributed by atoms with van der Waals surface area (Å²) in [6.07, 6.45) is 2.02. The van der Waals surface area contributed by atoms with Crippen LogP contribution in [0.25, 0.3) is 0 Å². The van der Waals surface area contributed by atoms with Crippen LogP contribution in [0, 0.1) is 0 Å². The molecule has 0 fully saturated rings. The summed E-state index contributed by atoms with van der Waals surface area (Å²) in [5.41, 5.74) is 3.65. The predicted molar refractivity (Wildman–Crippen MR) is 85.4 cm³/mol. The number of ether oxygens (including phenoxy) is 1. The maximum Gasteiger partial charge on any atom is 0.127 e. The Morgan fingerprint density at radius 3 is 3.10 bits per heavy atom. The van der Waals surface area contributed by atoms with Crippen LogP contribution < -0.4 is 10.1 Å².